The van der Waals surface area contributed by atoms with Gasteiger partial charge in [0.05, 0.1) is 6.54 Å². The molecule has 4 N–H and O–H groups in total. The van der Waals surface area contributed by atoms with Crippen LogP contribution >= 0.6 is 0 Å². The van der Waals surface area contributed by atoms with Crippen molar-refractivity contribution in [3.05, 3.63) is 29.6 Å². The first-order valence-electron chi connectivity index (χ1n) is 5.49. The third-order valence-electron chi connectivity index (χ3n) is 2.97. The molecule has 0 radical (unpaired) electrons. The minimum Gasteiger partial charge on any atom is -0.399 e. The van der Waals surface area contributed by atoms with E-state index in [1.165, 1.54) is 6.07 Å². The second-order valence-electron chi connectivity index (χ2n) is 4.79. The highest BCUT2D eigenvalue weighted by molar-refractivity contribution is 5.83. The normalized spacial score (nSPS) is 25.7. The Hall–Kier alpha value is -1.62. The molecular weight excluding hydrogens is 219 g/mol. The molecule has 1 heterocycles. The van der Waals surface area contributed by atoms with Crippen molar-refractivity contribution < 1.29 is 4.39 Å². The molecule has 0 aliphatic carbocycles. The lowest BCUT2D eigenvalue weighted by Crippen LogP contribution is -2.46. The Morgan fingerprint density at radius 2 is 2.12 bits per heavy atom. The molecule has 1 atom stereocenters. The van der Waals surface area contributed by atoms with Crippen LogP contribution in [0.2, 0.25) is 0 Å². The largest absolute Gasteiger partial charge is 0.399 e. The zero-order valence-corrected chi connectivity index (χ0v) is 10.1. The number of likely N-dealkylation sites (N-methyl/N-ethyl adjacent to an activating group) is 1. The summed E-state index contributed by atoms with van der Waals surface area (Å²) in [6, 6.07) is 4.54. The minimum atomic E-state index is -0.670. The molecule has 1 aliphatic heterocycles. The van der Waals surface area contributed by atoms with Crippen LogP contribution in [0.4, 0.5) is 10.1 Å². The molecule has 1 aliphatic rings. The topological polar surface area (TPSA) is 67.6 Å². The van der Waals surface area contributed by atoms with Crippen molar-refractivity contribution in [2.45, 2.75) is 12.5 Å². The fraction of sp³-hybridized carbons (Fsp3) is 0.417. The molecule has 1 aromatic rings. The molecular formula is C12H17FN4. The smallest absolute Gasteiger partial charge is 0.129 e. The van der Waals surface area contributed by atoms with Crippen LogP contribution in [0.5, 0.6) is 0 Å². The number of aliphatic imine (C=N–C) groups is 1. The molecule has 0 amide bonds. The van der Waals surface area contributed by atoms with E-state index in [9.17, 15) is 4.39 Å². The number of hydrogen-bond acceptors (Lipinski definition) is 4. The van der Waals surface area contributed by atoms with E-state index in [0.29, 0.717) is 30.2 Å². The van der Waals surface area contributed by atoms with E-state index >= 15 is 0 Å². The number of nitrogens with zero attached hydrogens (tertiary/aromatic N) is 2. The van der Waals surface area contributed by atoms with Gasteiger partial charge in [-0.05, 0) is 32.2 Å². The van der Waals surface area contributed by atoms with Crippen LogP contribution in [0.25, 0.3) is 0 Å². The first kappa shape index (κ1) is 11.9. The standard InChI is InChI=1S/C12H17FN4/c1-12(7-17(2)6-11(15)16-12)9-5-8(14)3-4-10(9)13/h3-5H,6-7,14H2,1-2H3,(H2,15,16). The molecule has 5 heteroatoms. The van der Waals surface area contributed by atoms with Gasteiger partial charge in [0.2, 0.25) is 0 Å². The van der Waals surface area contributed by atoms with Gasteiger partial charge in [-0.25, -0.2) is 4.39 Å². The van der Waals surface area contributed by atoms with Crippen LogP contribution in [-0.2, 0) is 5.54 Å². The third-order valence-corrected chi connectivity index (χ3v) is 2.97. The average molecular weight is 236 g/mol. The first-order valence-corrected chi connectivity index (χ1v) is 5.49. The summed E-state index contributed by atoms with van der Waals surface area (Å²) in [7, 11) is 1.93. The highest BCUT2D eigenvalue weighted by Gasteiger charge is 2.34. The van der Waals surface area contributed by atoms with E-state index in [0.717, 1.165) is 0 Å². The molecule has 0 aromatic heterocycles. The number of anilines is 1. The van der Waals surface area contributed by atoms with Gasteiger partial charge in [-0.1, -0.05) is 0 Å². The molecule has 2 rings (SSSR count). The van der Waals surface area contributed by atoms with Gasteiger partial charge in [0, 0.05) is 17.8 Å². The van der Waals surface area contributed by atoms with E-state index in [1.807, 2.05) is 18.9 Å². The number of rotatable bonds is 1. The Balaban J connectivity index is 2.50. The second kappa shape index (κ2) is 4.00. The Bertz CT molecular complexity index is 472. The van der Waals surface area contributed by atoms with Gasteiger partial charge < -0.3 is 11.5 Å². The molecule has 1 unspecified atom stereocenters. The van der Waals surface area contributed by atoms with Gasteiger partial charge in [-0.2, -0.15) is 0 Å². The maximum absolute atomic E-state index is 13.9. The number of amidine groups is 1. The maximum atomic E-state index is 13.9. The summed E-state index contributed by atoms with van der Waals surface area (Å²) in [6.45, 7) is 3.10. The predicted molar refractivity (Wildman–Crippen MR) is 67.3 cm³/mol. The van der Waals surface area contributed by atoms with E-state index in [2.05, 4.69) is 4.99 Å². The Kier molecular flexibility index (Phi) is 2.79. The number of hydrogen-bond donors (Lipinski definition) is 2. The number of benzene rings is 1. The highest BCUT2D eigenvalue weighted by atomic mass is 19.1. The quantitative estimate of drug-likeness (QED) is 0.713. The summed E-state index contributed by atoms with van der Waals surface area (Å²) in [5, 5.41) is 0. The van der Waals surface area contributed by atoms with Crippen LogP contribution in [0.1, 0.15) is 12.5 Å². The molecule has 0 spiro atoms. The van der Waals surface area contributed by atoms with Crippen LogP contribution in [-0.4, -0.2) is 30.9 Å². The summed E-state index contributed by atoms with van der Waals surface area (Å²) in [6.07, 6.45) is 0. The summed E-state index contributed by atoms with van der Waals surface area (Å²) >= 11 is 0. The first-order chi connectivity index (χ1) is 7.90. The molecule has 0 fully saturated rings. The summed E-state index contributed by atoms with van der Waals surface area (Å²) in [5.74, 6) is 0.219. The van der Waals surface area contributed by atoms with Crippen molar-refractivity contribution in [3.63, 3.8) is 0 Å². The highest BCUT2D eigenvalue weighted by Crippen LogP contribution is 2.31. The monoisotopic (exact) mass is 236 g/mol. The van der Waals surface area contributed by atoms with Gasteiger partial charge in [0.15, 0.2) is 0 Å². The Morgan fingerprint density at radius 1 is 1.41 bits per heavy atom. The molecule has 0 saturated heterocycles. The van der Waals surface area contributed by atoms with Gasteiger partial charge in [0.25, 0.3) is 0 Å². The van der Waals surface area contributed by atoms with Crippen LogP contribution in [0.15, 0.2) is 23.2 Å². The lowest BCUT2D eigenvalue weighted by atomic mass is 9.90. The zero-order chi connectivity index (χ0) is 12.6. The molecule has 1 aromatic carbocycles. The lowest BCUT2D eigenvalue weighted by Gasteiger charge is -2.35. The van der Waals surface area contributed by atoms with Gasteiger partial charge in [0.1, 0.15) is 17.2 Å². The summed E-state index contributed by atoms with van der Waals surface area (Å²) in [4.78, 5) is 6.41. The average Bonchev–Trinajstić information content (AvgIpc) is 2.19. The van der Waals surface area contributed by atoms with Gasteiger partial charge in [-0.3, -0.25) is 9.89 Å². The number of halogens is 1. The summed E-state index contributed by atoms with van der Waals surface area (Å²) in [5.41, 5.74) is 11.8. The third kappa shape index (κ3) is 2.24. The molecule has 0 bridgehead atoms. The number of nitrogens with two attached hydrogens (primary N) is 2. The van der Waals surface area contributed by atoms with E-state index in [-0.39, 0.29) is 5.82 Å². The maximum Gasteiger partial charge on any atom is 0.129 e. The van der Waals surface area contributed by atoms with Crippen molar-refractivity contribution in [1.82, 2.24) is 4.90 Å². The van der Waals surface area contributed by atoms with Crippen molar-refractivity contribution >= 4 is 11.5 Å². The van der Waals surface area contributed by atoms with Crippen molar-refractivity contribution in [1.29, 1.82) is 0 Å². The van der Waals surface area contributed by atoms with Crippen LogP contribution in [0, 0.1) is 5.82 Å². The molecule has 4 nitrogen and oxygen atoms in total. The van der Waals surface area contributed by atoms with Crippen molar-refractivity contribution in [2.24, 2.45) is 10.7 Å². The SMILES string of the molecule is CN1CC(N)=NC(C)(c2cc(N)ccc2F)C1. The number of nitrogen functional groups attached to an aromatic ring is 1. The van der Waals surface area contributed by atoms with Crippen molar-refractivity contribution in [3.8, 4) is 0 Å². The molecule has 0 saturated carbocycles. The second-order valence-corrected chi connectivity index (χ2v) is 4.79. The predicted octanol–water partition coefficient (Wildman–Crippen LogP) is 0.926. The van der Waals surface area contributed by atoms with Crippen LogP contribution in [0.3, 0.4) is 0 Å². The zero-order valence-electron chi connectivity index (χ0n) is 10.1. The van der Waals surface area contributed by atoms with E-state index < -0.39 is 5.54 Å². The lowest BCUT2D eigenvalue weighted by molar-refractivity contribution is 0.264. The Labute approximate surface area is 100 Å². The fourth-order valence-electron chi connectivity index (χ4n) is 2.35. The van der Waals surface area contributed by atoms with Gasteiger partial charge in [-0.15, -0.1) is 0 Å². The summed E-state index contributed by atoms with van der Waals surface area (Å²) < 4.78 is 13.9. The van der Waals surface area contributed by atoms with Gasteiger partial charge >= 0.3 is 0 Å². The molecule has 92 valence electrons. The molecule has 17 heavy (non-hydrogen) atoms. The fourth-order valence-corrected chi connectivity index (χ4v) is 2.35. The van der Waals surface area contributed by atoms with E-state index in [4.69, 9.17) is 11.5 Å². The minimum absolute atomic E-state index is 0.298. The van der Waals surface area contributed by atoms with Crippen molar-refractivity contribution in [2.75, 3.05) is 25.9 Å². The van der Waals surface area contributed by atoms with Crippen LogP contribution < -0.4 is 11.5 Å². The Morgan fingerprint density at radius 3 is 2.76 bits per heavy atom. The van der Waals surface area contributed by atoms with E-state index in [1.54, 1.807) is 12.1 Å².